The summed E-state index contributed by atoms with van der Waals surface area (Å²) in [5.74, 6) is -0.423. The van der Waals surface area contributed by atoms with Gasteiger partial charge in [0.25, 0.3) is 5.56 Å². The van der Waals surface area contributed by atoms with Crippen LogP contribution in [-0.4, -0.2) is 20.6 Å². The molecule has 0 aliphatic carbocycles. The summed E-state index contributed by atoms with van der Waals surface area (Å²) in [6.45, 7) is 3.92. The van der Waals surface area contributed by atoms with Gasteiger partial charge in [0.15, 0.2) is 0 Å². The van der Waals surface area contributed by atoms with Gasteiger partial charge in [-0.25, -0.2) is 9.78 Å². The van der Waals surface area contributed by atoms with Crippen molar-refractivity contribution in [3.63, 3.8) is 0 Å². The Hall–Kier alpha value is -2.54. The van der Waals surface area contributed by atoms with Crippen LogP contribution in [0.4, 0.5) is 0 Å². The van der Waals surface area contributed by atoms with Crippen LogP contribution in [0.25, 0.3) is 4.96 Å². The molecule has 0 atom stereocenters. The molecule has 0 unspecified atom stereocenters. The van der Waals surface area contributed by atoms with Gasteiger partial charge in [-0.3, -0.25) is 4.79 Å². The van der Waals surface area contributed by atoms with Crippen molar-refractivity contribution in [2.45, 2.75) is 39.7 Å². The van der Waals surface area contributed by atoms with Crippen molar-refractivity contribution < 1.29 is 9.53 Å². The molecule has 0 aliphatic heterocycles. The van der Waals surface area contributed by atoms with Crippen LogP contribution in [0.2, 0.25) is 0 Å². The maximum Gasteiger partial charge on any atom is 0.338 e. The van der Waals surface area contributed by atoms with Gasteiger partial charge in [-0.15, -0.1) is 0 Å². The Bertz CT molecular complexity index is 962. The van der Waals surface area contributed by atoms with E-state index in [1.54, 1.807) is 12.1 Å². The van der Waals surface area contributed by atoms with E-state index in [4.69, 9.17) is 4.74 Å². The van der Waals surface area contributed by atoms with E-state index >= 15 is 0 Å². The fourth-order valence-electron chi connectivity index (χ4n) is 2.42. The Labute approximate surface area is 149 Å². The molecule has 0 aliphatic rings. The number of nitrogens with zero attached hydrogens (tertiary/aromatic N) is 3. The molecule has 0 N–H and O–H groups in total. The molecule has 1 aromatic carbocycles. The number of esters is 1. The van der Waals surface area contributed by atoms with Gasteiger partial charge in [-0.2, -0.15) is 9.61 Å². The van der Waals surface area contributed by atoms with Crippen LogP contribution in [0.3, 0.4) is 0 Å². The quantitative estimate of drug-likeness (QED) is 0.634. The van der Waals surface area contributed by atoms with Gasteiger partial charge in [0, 0.05) is 12.5 Å². The Morgan fingerprint density at radius 2 is 2.12 bits per heavy atom. The number of unbranched alkanes of at least 4 members (excludes halogenated alkanes) is 1. The topological polar surface area (TPSA) is 73.6 Å². The summed E-state index contributed by atoms with van der Waals surface area (Å²) >= 11 is 1.40. The molecule has 3 rings (SSSR count). The first-order chi connectivity index (χ1) is 12.1. The molecule has 3 aromatic rings. The second-order valence-electron chi connectivity index (χ2n) is 5.77. The van der Waals surface area contributed by atoms with Gasteiger partial charge in [0.2, 0.25) is 4.96 Å². The summed E-state index contributed by atoms with van der Waals surface area (Å²) in [4.78, 5) is 29.3. The molecule has 0 saturated heterocycles. The number of ether oxygens (including phenoxy) is 1. The molecule has 0 fully saturated rings. The van der Waals surface area contributed by atoms with Crippen molar-refractivity contribution in [2.75, 3.05) is 0 Å². The van der Waals surface area contributed by atoms with Gasteiger partial charge in [-0.1, -0.05) is 42.9 Å². The van der Waals surface area contributed by atoms with Crippen LogP contribution < -0.4 is 5.56 Å². The van der Waals surface area contributed by atoms with E-state index in [0.29, 0.717) is 16.2 Å². The van der Waals surface area contributed by atoms with E-state index in [0.717, 1.165) is 29.8 Å². The van der Waals surface area contributed by atoms with E-state index in [9.17, 15) is 9.59 Å². The van der Waals surface area contributed by atoms with E-state index in [-0.39, 0.29) is 12.2 Å². The highest BCUT2D eigenvalue weighted by Crippen LogP contribution is 2.15. The summed E-state index contributed by atoms with van der Waals surface area (Å²) < 4.78 is 6.61. The third-order valence-corrected chi connectivity index (χ3v) is 4.77. The number of aryl methyl sites for hydroxylation is 2. The van der Waals surface area contributed by atoms with E-state index in [2.05, 4.69) is 17.0 Å². The zero-order valence-corrected chi connectivity index (χ0v) is 15.0. The van der Waals surface area contributed by atoms with Gasteiger partial charge < -0.3 is 4.74 Å². The number of benzene rings is 1. The van der Waals surface area contributed by atoms with Crippen molar-refractivity contribution >= 4 is 22.3 Å². The number of hydrogen-bond acceptors (Lipinski definition) is 6. The van der Waals surface area contributed by atoms with Crippen molar-refractivity contribution in [1.82, 2.24) is 14.6 Å². The molecular formula is C18H19N3O3S. The van der Waals surface area contributed by atoms with Crippen LogP contribution in [0, 0.1) is 6.92 Å². The molecule has 7 heteroatoms. The molecule has 2 aromatic heterocycles. The molecule has 6 nitrogen and oxygen atoms in total. The number of fused-ring (bicyclic) bond motifs is 1. The first kappa shape index (κ1) is 17.3. The predicted octanol–water partition coefficient (Wildman–Crippen LogP) is 3.16. The normalized spacial score (nSPS) is 11.0. The van der Waals surface area contributed by atoms with Crippen LogP contribution in [0.1, 0.15) is 46.4 Å². The number of aromatic nitrogens is 3. The summed E-state index contributed by atoms with van der Waals surface area (Å²) in [5, 5.41) is 5.19. The lowest BCUT2D eigenvalue weighted by molar-refractivity contribution is 0.0467. The van der Waals surface area contributed by atoms with Gasteiger partial charge in [0.1, 0.15) is 11.6 Å². The van der Waals surface area contributed by atoms with E-state index in [1.807, 2.05) is 19.1 Å². The minimum Gasteiger partial charge on any atom is -0.456 e. The maximum atomic E-state index is 12.2. The zero-order valence-electron chi connectivity index (χ0n) is 14.2. The van der Waals surface area contributed by atoms with Crippen molar-refractivity contribution in [2.24, 2.45) is 0 Å². The first-order valence-electron chi connectivity index (χ1n) is 8.20. The van der Waals surface area contributed by atoms with Crippen LogP contribution in [0.15, 0.2) is 35.1 Å². The van der Waals surface area contributed by atoms with Gasteiger partial charge in [-0.05, 0) is 25.0 Å². The molecular weight excluding hydrogens is 338 g/mol. The molecule has 130 valence electrons. The highest BCUT2D eigenvalue weighted by Gasteiger charge is 2.13. The Kier molecular flexibility index (Phi) is 5.23. The van der Waals surface area contributed by atoms with Crippen LogP contribution >= 0.6 is 11.3 Å². The van der Waals surface area contributed by atoms with Crippen LogP contribution in [0.5, 0.6) is 0 Å². The lowest BCUT2D eigenvalue weighted by Gasteiger charge is -2.06. The highest BCUT2D eigenvalue weighted by molar-refractivity contribution is 7.16. The number of carbonyl (C=O) groups excluding carboxylic acids is 1. The second kappa shape index (κ2) is 7.57. The van der Waals surface area contributed by atoms with Crippen molar-refractivity contribution in [3.8, 4) is 0 Å². The van der Waals surface area contributed by atoms with Gasteiger partial charge >= 0.3 is 5.97 Å². The summed E-state index contributed by atoms with van der Waals surface area (Å²) in [6.07, 6.45) is 2.93. The molecule has 0 amide bonds. The molecule has 0 radical (unpaired) electrons. The average Bonchev–Trinajstić information content (AvgIpc) is 3.02. The monoisotopic (exact) mass is 357 g/mol. The second-order valence-corrected chi connectivity index (χ2v) is 6.81. The van der Waals surface area contributed by atoms with Gasteiger partial charge in [0.05, 0.1) is 11.3 Å². The average molecular weight is 357 g/mol. The standard InChI is InChI=1S/C18H19N3O3S/c1-3-4-9-15-20-21-16(22)10-13(19-18(21)25-15)11-24-17(23)14-8-6-5-7-12(14)2/h5-8,10H,3-4,9,11H2,1-2H3. The van der Waals surface area contributed by atoms with E-state index in [1.165, 1.54) is 21.9 Å². The third-order valence-electron chi connectivity index (χ3n) is 3.80. The molecule has 0 spiro atoms. The highest BCUT2D eigenvalue weighted by atomic mass is 32.1. The summed E-state index contributed by atoms with van der Waals surface area (Å²) in [7, 11) is 0. The molecule has 0 bridgehead atoms. The largest absolute Gasteiger partial charge is 0.456 e. The smallest absolute Gasteiger partial charge is 0.338 e. The summed E-state index contributed by atoms with van der Waals surface area (Å²) in [6, 6.07) is 8.58. The van der Waals surface area contributed by atoms with Crippen molar-refractivity contribution in [3.05, 3.63) is 62.5 Å². The zero-order chi connectivity index (χ0) is 17.8. The fraction of sp³-hybridized carbons (Fsp3) is 0.333. The SMILES string of the molecule is CCCCc1nn2c(=O)cc(COC(=O)c3ccccc3C)nc2s1. The van der Waals surface area contributed by atoms with Crippen molar-refractivity contribution in [1.29, 1.82) is 0 Å². The minimum atomic E-state index is -0.423. The predicted molar refractivity (Wildman–Crippen MR) is 96.0 cm³/mol. The lowest BCUT2D eigenvalue weighted by Crippen LogP contribution is -2.17. The van der Waals surface area contributed by atoms with Crippen LogP contribution in [-0.2, 0) is 17.8 Å². The van der Waals surface area contributed by atoms with E-state index < -0.39 is 5.97 Å². The minimum absolute atomic E-state index is 0.0406. The Balaban J connectivity index is 1.76. The Morgan fingerprint density at radius 1 is 1.32 bits per heavy atom. The fourth-order valence-corrected chi connectivity index (χ4v) is 3.38. The summed E-state index contributed by atoms with van der Waals surface area (Å²) in [5.41, 5.74) is 1.53. The maximum absolute atomic E-state index is 12.2. The third kappa shape index (κ3) is 3.93. The molecule has 2 heterocycles. The number of hydrogen-bond donors (Lipinski definition) is 0. The molecule has 25 heavy (non-hydrogen) atoms. The Morgan fingerprint density at radius 3 is 2.88 bits per heavy atom. The number of carbonyl (C=O) groups is 1. The first-order valence-corrected chi connectivity index (χ1v) is 9.01. The lowest BCUT2D eigenvalue weighted by atomic mass is 10.1. The number of rotatable bonds is 6. The molecule has 0 saturated carbocycles.